The number of rotatable bonds is 6. The molecule has 0 aliphatic carbocycles. The summed E-state index contributed by atoms with van der Waals surface area (Å²) in [6.45, 7) is 0. The Bertz CT molecular complexity index is 1280. The predicted molar refractivity (Wildman–Crippen MR) is 119 cm³/mol. The van der Waals surface area contributed by atoms with Crippen molar-refractivity contribution >= 4 is 28.6 Å². The van der Waals surface area contributed by atoms with E-state index in [0.717, 1.165) is 0 Å². The van der Waals surface area contributed by atoms with Gasteiger partial charge in [0.2, 0.25) is 5.78 Å². The maximum atomic E-state index is 13.3. The molecule has 3 N–H and O–H groups in total. The first kappa shape index (κ1) is 20.0. The highest BCUT2D eigenvalue weighted by Gasteiger charge is 2.26. The number of nitrogen functional groups attached to an aromatic ring is 1. The zero-order chi connectivity index (χ0) is 22.0. The third-order valence-electron chi connectivity index (χ3n) is 5.00. The van der Waals surface area contributed by atoms with Crippen LogP contribution in [0.3, 0.4) is 0 Å². The van der Waals surface area contributed by atoms with Crippen molar-refractivity contribution in [3.8, 4) is 11.5 Å². The van der Waals surface area contributed by atoms with Crippen LogP contribution in [-0.4, -0.2) is 30.3 Å². The lowest BCUT2D eigenvalue weighted by Crippen LogP contribution is -2.14. The van der Waals surface area contributed by atoms with Gasteiger partial charge in [-0.25, -0.2) is 0 Å². The molecule has 0 radical (unpaired) electrons. The maximum Gasteiger partial charge on any atom is 0.259 e. The minimum Gasteiger partial charge on any atom is -0.497 e. The molecule has 2 heterocycles. The van der Waals surface area contributed by atoms with Crippen molar-refractivity contribution in [2.24, 2.45) is 0 Å². The highest BCUT2D eigenvalue weighted by atomic mass is 16.5. The summed E-state index contributed by atoms with van der Waals surface area (Å²) >= 11 is 0. The van der Waals surface area contributed by atoms with Crippen molar-refractivity contribution in [2.75, 3.05) is 25.3 Å². The largest absolute Gasteiger partial charge is 0.497 e. The molecular weight excluding hydrogens is 394 g/mol. The topological polar surface area (TPSA) is 95.1 Å². The maximum absolute atomic E-state index is 13.3. The number of hydrogen-bond acceptors (Lipinski definition) is 5. The second kappa shape index (κ2) is 8.23. The molecule has 7 heteroatoms. The van der Waals surface area contributed by atoms with Crippen LogP contribution in [0.4, 0.5) is 11.4 Å². The Morgan fingerprint density at radius 2 is 1.65 bits per heavy atom. The Hall–Kier alpha value is -4.26. The van der Waals surface area contributed by atoms with Crippen LogP contribution in [0.1, 0.15) is 26.4 Å². The van der Waals surface area contributed by atoms with Crippen LogP contribution in [0, 0.1) is 0 Å². The van der Waals surface area contributed by atoms with Crippen LogP contribution < -0.4 is 20.5 Å². The number of anilines is 2. The van der Waals surface area contributed by atoms with Crippen molar-refractivity contribution in [1.82, 2.24) is 4.40 Å². The smallest absolute Gasteiger partial charge is 0.259 e. The fourth-order valence-electron chi connectivity index (χ4n) is 3.47. The van der Waals surface area contributed by atoms with Crippen molar-refractivity contribution in [3.63, 3.8) is 0 Å². The number of amides is 1. The number of nitrogens with one attached hydrogen (secondary N) is 1. The van der Waals surface area contributed by atoms with Crippen molar-refractivity contribution < 1.29 is 19.1 Å². The third-order valence-corrected chi connectivity index (χ3v) is 5.00. The number of fused-ring (bicyclic) bond motifs is 1. The highest BCUT2D eigenvalue weighted by Crippen LogP contribution is 2.30. The minimum atomic E-state index is -0.406. The molecule has 0 aliphatic heterocycles. The lowest BCUT2D eigenvalue weighted by atomic mass is 10.1. The van der Waals surface area contributed by atoms with E-state index in [9.17, 15) is 9.59 Å². The second-order valence-electron chi connectivity index (χ2n) is 6.84. The third kappa shape index (κ3) is 3.69. The van der Waals surface area contributed by atoms with E-state index in [2.05, 4.69) is 5.32 Å². The van der Waals surface area contributed by atoms with E-state index in [1.165, 1.54) is 7.11 Å². The van der Waals surface area contributed by atoms with E-state index in [0.29, 0.717) is 28.3 Å². The van der Waals surface area contributed by atoms with Crippen molar-refractivity contribution in [2.45, 2.75) is 0 Å². The fourth-order valence-corrected chi connectivity index (χ4v) is 3.47. The first-order chi connectivity index (χ1) is 15.0. The van der Waals surface area contributed by atoms with Gasteiger partial charge in [-0.1, -0.05) is 18.2 Å². The fraction of sp³-hybridized carbons (Fsp3) is 0.0833. The Balaban J connectivity index is 1.77. The standard InChI is InChI=1S/C24H21N3O4/c1-30-17-11-9-16(10-12-17)26-24(29)20-19-8-3-4-13-27(19)22(21(20)25)23(28)15-6-5-7-18(14-15)31-2/h3-14H,25H2,1-2H3,(H,26,29). The van der Waals surface area contributed by atoms with Gasteiger partial charge in [0.05, 0.1) is 31.0 Å². The first-order valence-corrected chi connectivity index (χ1v) is 9.56. The molecule has 0 atom stereocenters. The summed E-state index contributed by atoms with van der Waals surface area (Å²) in [7, 11) is 3.11. The van der Waals surface area contributed by atoms with Gasteiger partial charge >= 0.3 is 0 Å². The average Bonchev–Trinajstić information content (AvgIpc) is 3.10. The molecule has 7 nitrogen and oxygen atoms in total. The minimum absolute atomic E-state index is 0.116. The van der Waals surface area contributed by atoms with Crippen LogP contribution in [0.5, 0.6) is 11.5 Å². The van der Waals surface area contributed by atoms with Crippen LogP contribution in [-0.2, 0) is 0 Å². The van der Waals surface area contributed by atoms with Gasteiger partial charge in [-0.2, -0.15) is 0 Å². The number of ether oxygens (including phenoxy) is 2. The number of benzene rings is 2. The Morgan fingerprint density at radius 1 is 0.903 bits per heavy atom. The molecule has 0 aliphatic rings. The Kier molecular flexibility index (Phi) is 5.32. The van der Waals surface area contributed by atoms with E-state index in [4.69, 9.17) is 15.2 Å². The quantitative estimate of drug-likeness (QED) is 0.464. The van der Waals surface area contributed by atoms with Crippen LogP contribution in [0.25, 0.3) is 5.52 Å². The molecule has 156 valence electrons. The lowest BCUT2D eigenvalue weighted by molar-refractivity contribution is 0.102. The van der Waals surface area contributed by atoms with E-state index in [1.54, 1.807) is 84.4 Å². The number of ketones is 1. The summed E-state index contributed by atoms with van der Waals surface area (Å²) in [4.78, 5) is 26.4. The molecule has 0 saturated carbocycles. The molecule has 31 heavy (non-hydrogen) atoms. The molecule has 4 aromatic rings. The number of nitrogens with zero attached hydrogens (tertiary/aromatic N) is 1. The van der Waals surface area contributed by atoms with Gasteiger partial charge in [0.25, 0.3) is 5.91 Å². The summed E-state index contributed by atoms with van der Waals surface area (Å²) in [5, 5.41) is 2.83. The van der Waals surface area contributed by atoms with Gasteiger partial charge in [0, 0.05) is 17.4 Å². The molecule has 0 fully saturated rings. The van der Waals surface area contributed by atoms with Gasteiger partial charge in [-0.05, 0) is 48.5 Å². The van der Waals surface area contributed by atoms with E-state index >= 15 is 0 Å². The van der Waals surface area contributed by atoms with Gasteiger partial charge in [0.15, 0.2) is 0 Å². The predicted octanol–water partition coefficient (Wildman–Crippen LogP) is 4.02. The zero-order valence-electron chi connectivity index (χ0n) is 17.1. The van der Waals surface area contributed by atoms with Crippen LogP contribution in [0.2, 0.25) is 0 Å². The molecule has 0 unspecified atom stereocenters. The number of carbonyl (C=O) groups excluding carboxylic acids is 2. The summed E-state index contributed by atoms with van der Waals surface area (Å²) < 4.78 is 12.0. The summed E-state index contributed by atoms with van der Waals surface area (Å²) in [6.07, 6.45) is 1.71. The van der Waals surface area contributed by atoms with Crippen molar-refractivity contribution in [1.29, 1.82) is 0 Å². The van der Waals surface area contributed by atoms with Gasteiger partial charge in [-0.15, -0.1) is 0 Å². The van der Waals surface area contributed by atoms with Gasteiger partial charge in [-0.3, -0.25) is 9.59 Å². The van der Waals surface area contributed by atoms with Crippen LogP contribution >= 0.6 is 0 Å². The van der Waals surface area contributed by atoms with Crippen molar-refractivity contribution in [3.05, 3.63) is 89.7 Å². The van der Waals surface area contributed by atoms with E-state index < -0.39 is 5.91 Å². The van der Waals surface area contributed by atoms with E-state index in [1.807, 2.05) is 0 Å². The zero-order valence-corrected chi connectivity index (χ0v) is 17.1. The summed E-state index contributed by atoms with van der Waals surface area (Å²) in [5.74, 6) is 0.526. The monoisotopic (exact) mass is 415 g/mol. The molecule has 0 bridgehead atoms. The van der Waals surface area contributed by atoms with Gasteiger partial charge in [0.1, 0.15) is 17.2 Å². The molecule has 2 aromatic carbocycles. The molecule has 0 saturated heterocycles. The molecule has 4 rings (SSSR count). The van der Waals surface area contributed by atoms with Crippen LogP contribution in [0.15, 0.2) is 72.9 Å². The second-order valence-corrected chi connectivity index (χ2v) is 6.84. The number of nitrogens with two attached hydrogens (primary N) is 1. The Labute approximate surface area is 179 Å². The summed E-state index contributed by atoms with van der Waals surface area (Å²) in [5.41, 5.74) is 8.49. The number of aromatic nitrogens is 1. The van der Waals surface area contributed by atoms with Gasteiger partial charge < -0.3 is 24.9 Å². The average molecular weight is 415 g/mol. The van der Waals surface area contributed by atoms with E-state index in [-0.39, 0.29) is 22.7 Å². The highest BCUT2D eigenvalue weighted by molar-refractivity contribution is 6.20. The Morgan fingerprint density at radius 3 is 2.35 bits per heavy atom. The normalized spacial score (nSPS) is 10.6. The number of hydrogen-bond donors (Lipinski definition) is 2. The molecule has 0 spiro atoms. The number of carbonyl (C=O) groups is 2. The summed E-state index contributed by atoms with van der Waals surface area (Å²) in [6, 6.07) is 19.1. The molecule has 2 aromatic heterocycles. The lowest BCUT2D eigenvalue weighted by Gasteiger charge is -2.07. The SMILES string of the molecule is COc1ccc(NC(=O)c2c(N)c(C(=O)c3cccc(OC)c3)n3ccccc23)cc1. The first-order valence-electron chi connectivity index (χ1n) is 9.56. The number of methoxy groups -OCH3 is 2. The molecule has 1 amide bonds. The number of pyridine rings is 1. The molecular formula is C24H21N3O4.